The molecule has 1 amide bonds. The van der Waals surface area contributed by atoms with Crippen molar-refractivity contribution < 1.29 is 14.7 Å². The molecule has 1 fully saturated rings. The van der Waals surface area contributed by atoms with Gasteiger partial charge in [-0.15, -0.1) is 0 Å². The molecule has 1 aliphatic carbocycles. The molecule has 0 spiro atoms. The third-order valence-electron chi connectivity index (χ3n) is 3.53. The van der Waals surface area contributed by atoms with Gasteiger partial charge < -0.3 is 10.4 Å². The smallest absolute Gasteiger partial charge is 0.352 e. The first-order valence-electron chi connectivity index (χ1n) is 6.83. The number of carbonyl (C=O) groups excluding carboxylic acids is 1. The van der Waals surface area contributed by atoms with Gasteiger partial charge in [0.25, 0.3) is 0 Å². The first-order valence-corrected chi connectivity index (χ1v) is 6.83. The Balaban J connectivity index is 2.18. The van der Waals surface area contributed by atoms with E-state index in [1.54, 1.807) is 6.92 Å². The highest BCUT2D eigenvalue weighted by molar-refractivity contribution is 5.92. The van der Waals surface area contributed by atoms with Crippen LogP contribution < -0.4 is 5.32 Å². The number of hydrogen-bond acceptors (Lipinski definition) is 2. The summed E-state index contributed by atoms with van der Waals surface area (Å²) in [7, 11) is 0. The van der Waals surface area contributed by atoms with Crippen molar-refractivity contribution in [1.29, 1.82) is 0 Å². The molecule has 0 bridgehead atoms. The molecule has 0 aliphatic heterocycles. The lowest BCUT2D eigenvalue weighted by Gasteiger charge is -2.21. The van der Waals surface area contributed by atoms with E-state index in [2.05, 4.69) is 5.32 Å². The first kappa shape index (κ1) is 14.7. The highest BCUT2D eigenvalue weighted by Crippen LogP contribution is 2.27. The summed E-state index contributed by atoms with van der Waals surface area (Å²) in [5.74, 6) is -0.508. The predicted octanol–water partition coefficient (Wildman–Crippen LogP) is 2.84. The quantitative estimate of drug-likeness (QED) is 0.715. The molecule has 4 heteroatoms. The maximum atomic E-state index is 11.5. The summed E-state index contributed by atoms with van der Waals surface area (Å²) in [6.07, 6.45) is 10.3. The van der Waals surface area contributed by atoms with Crippen LogP contribution in [0.15, 0.2) is 11.8 Å². The van der Waals surface area contributed by atoms with E-state index in [9.17, 15) is 9.59 Å². The number of allylic oxidation sites excluding steroid dienone is 1. The summed E-state index contributed by atoms with van der Waals surface area (Å²) < 4.78 is 0. The van der Waals surface area contributed by atoms with Crippen molar-refractivity contribution in [2.75, 3.05) is 0 Å². The molecule has 0 aromatic rings. The van der Waals surface area contributed by atoms with Gasteiger partial charge in [0.1, 0.15) is 5.70 Å². The average Bonchev–Trinajstić information content (AvgIpc) is 2.37. The molecule has 0 aromatic carbocycles. The van der Waals surface area contributed by atoms with Gasteiger partial charge in [-0.2, -0.15) is 0 Å². The van der Waals surface area contributed by atoms with Gasteiger partial charge in [0.2, 0.25) is 5.91 Å². The van der Waals surface area contributed by atoms with Crippen LogP contribution in [0.3, 0.4) is 0 Å². The van der Waals surface area contributed by atoms with Crippen molar-refractivity contribution in [3.8, 4) is 0 Å². The molecule has 2 N–H and O–H groups in total. The Hall–Kier alpha value is -1.32. The van der Waals surface area contributed by atoms with E-state index < -0.39 is 5.97 Å². The zero-order valence-corrected chi connectivity index (χ0v) is 11.1. The number of carboxylic acid groups (broad SMARTS) is 1. The van der Waals surface area contributed by atoms with E-state index in [0.717, 1.165) is 18.8 Å². The number of carbonyl (C=O) groups is 2. The minimum Gasteiger partial charge on any atom is -0.477 e. The number of nitrogens with one attached hydrogen (secondary N) is 1. The summed E-state index contributed by atoms with van der Waals surface area (Å²) in [5.41, 5.74) is -0.0299. The Morgan fingerprint density at radius 1 is 1.28 bits per heavy atom. The van der Waals surface area contributed by atoms with Gasteiger partial charge in [-0.05, 0) is 25.7 Å². The highest BCUT2D eigenvalue weighted by atomic mass is 16.4. The minimum absolute atomic E-state index is 0.0299. The third kappa shape index (κ3) is 5.34. The maximum Gasteiger partial charge on any atom is 0.352 e. The maximum absolute atomic E-state index is 11.5. The average molecular weight is 253 g/mol. The molecule has 1 rings (SSSR count). The molecular weight excluding hydrogens is 230 g/mol. The van der Waals surface area contributed by atoms with Crippen molar-refractivity contribution in [2.45, 2.75) is 58.3 Å². The van der Waals surface area contributed by atoms with Crippen LogP contribution in [0.1, 0.15) is 58.3 Å². The second-order valence-corrected chi connectivity index (χ2v) is 4.95. The van der Waals surface area contributed by atoms with E-state index >= 15 is 0 Å². The van der Waals surface area contributed by atoms with Gasteiger partial charge in [-0.3, -0.25) is 4.79 Å². The lowest BCUT2D eigenvalue weighted by atomic mass is 9.86. The van der Waals surface area contributed by atoms with Crippen LogP contribution in [-0.2, 0) is 9.59 Å². The predicted molar refractivity (Wildman–Crippen MR) is 70.0 cm³/mol. The fourth-order valence-electron chi connectivity index (χ4n) is 2.49. The molecule has 1 aliphatic rings. The first-order chi connectivity index (χ1) is 8.63. The molecular formula is C14H23NO3. The van der Waals surface area contributed by atoms with E-state index in [0.29, 0.717) is 6.42 Å². The molecule has 0 atom stereocenters. The van der Waals surface area contributed by atoms with Crippen LogP contribution in [0.5, 0.6) is 0 Å². The standard InChI is InChI=1S/C14H23NO3/c1-2-12(14(17)18)15-13(16)10-6-9-11-7-4-3-5-8-11/h2,11H,3-10H2,1H3,(H,15,16)(H,17,18)/b12-2+. The summed E-state index contributed by atoms with van der Waals surface area (Å²) in [6, 6.07) is 0. The molecule has 0 saturated heterocycles. The third-order valence-corrected chi connectivity index (χ3v) is 3.53. The summed E-state index contributed by atoms with van der Waals surface area (Å²) in [6.45, 7) is 1.60. The van der Waals surface area contributed by atoms with Gasteiger partial charge in [-0.25, -0.2) is 4.79 Å². The van der Waals surface area contributed by atoms with Crippen molar-refractivity contribution in [2.24, 2.45) is 5.92 Å². The van der Waals surface area contributed by atoms with Gasteiger partial charge in [0, 0.05) is 6.42 Å². The minimum atomic E-state index is -1.09. The van der Waals surface area contributed by atoms with E-state index in [-0.39, 0.29) is 11.6 Å². The molecule has 0 heterocycles. The number of aliphatic carboxylic acids is 1. The number of rotatable bonds is 6. The number of amides is 1. The van der Waals surface area contributed by atoms with Gasteiger partial charge >= 0.3 is 5.97 Å². The molecule has 4 nitrogen and oxygen atoms in total. The summed E-state index contributed by atoms with van der Waals surface area (Å²) in [5, 5.41) is 11.2. The van der Waals surface area contributed by atoms with Crippen LogP contribution in [0.25, 0.3) is 0 Å². The molecule has 102 valence electrons. The Morgan fingerprint density at radius 2 is 1.94 bits per heavy atom. The van der Waals surface area contributed by atoms with E-state index in [1.165, 1.54) is 38.2 Å². The van der Waals surface area contributed by atoms with E-state index in [4.69, 9.17) is 5.11 Å². The molecule has 0 aromatic heterocycles. The van der Waals surface area contributed by atoms with Crippen LogP contribution in [-0.4, -0.2) is 17.0 Å². The molecule has 18 heavy (non-hydrogen) atoms. The van der Waals surface area contributed by atoms with E-state index in [1.807, 2.05) is 0 Å². The Labute approximate surface area is 108 Å². The van der Waals surface area contributed by atoms with Crippen molar-refractivity contribution >= 4 is 11.9 Å². The van der Waals surface area contributed by atoms with Crippen molar-refractivity contribution in [1.82, 2.24) is 5.32 Å². The molecule has 1 saturated carbocycles. The largest absolute Gasteiger partial charge is 0.477 e. The van der Waals surface area contributed by atoms with Gasteiger partial charge in [0.05, 0.1) is 0 Å². The Bertz CT molecular complexity index is 317. The van der Waals surface area contributed by atoms with Crippen LogP contribution >= 0.6 is 0 Å². The summed E-state index contributed by atoms with van der Waals surface area (Å²) >= 11 is 0. The van der Waals surface area contributed by atoms with Crippen LogP contribution in [0.2, 0.25) is 0 Å². The normalized spacial score (nSPS) is 17.5. The van der Waals surface area contributed by atoms with Gasteiger partial charge in [-0.1, -0.05) is 38.2 Å². The molecule has 0 radical (unpaired) electrons. The monoisotopic (exact) mass is 253 g/mol. The summed E-state index contributed by atoms with van der Waals surface area (Å²) in [4.78, 5) is 22.2. The molecule has 0 unspecified atom stereocenters. The second-order valence-electron chi connectivity index (χ2n) is 4.95. The number of carboxylic acids is 1. The van der Waals surface area contributed by atoms with Crippen molar-refractivity contribution in [3.05, 3.63) is 11.8 Å². The fraction of sp³-hybridized carbons (Fsp3) is 0.714. The lowest BCUT2D eigenvalue weighted by molar-refractivity contribution is -0.134. The van der Waals surface area contributed by atoms with Crippen molar-refractivity contribution in [3.63, 3.8) is 0 Å². The second kappa shape index (κ2) is 7.90. The van der Waals surface area contributed by atoms with Crippen LogP contribution in [0, 0.1) is 5.92 Å². The lowest BCUT2D eigenvalue weighted by Crippen LogP contribution is -2.27. The van der Waals surface area contributed by atoms with Crippen LogP contribution in [0.4, 0.5) is 0 Å². The van der Waals surface area contributed by atoms with Gasteiger partial charge in [0.15, 0.2) is 0 Å². The topological polar surface area (TPSA) is 66.4 Å². The highest BCUT2D eigenvalue weighted by Gasteiger charge is 2.14. The number of hydrogen-bond donors (Lipinski definition) is 2. The Kier molecular flexibility index (Phi) is 6.47. The Morgan fingerprint density at radius 3 is 2.50 bits per heavy atom. The fourth-order valence-corrected chi connectivity index (χ4v) is 2.49. The zero-order chi connectivity index (χ0) is 13.4. The zero-order valence-electron chi connectivity index (χ0n) is 11.1. The SMILES string of the molecule is C/C=C(/NC(=O)CCCC1CCCCC1)C(=O)O.